The van der Waals surface area contributed by atoms with E-state index in [2.05, 4.69) is 20.9 Å². The van der Waals surface area contributed by atoms with Crippen molar-refractivity contribution in [3.63, 3.8) is 0 Å². The standard InChI is InChI=1S/C18H25N5O6S/c1-10(2)20-17(27)22-13(24)8-29-16(26)12-6-5-7-19-15(12)30-9-14(25)23-18(28)21-11(3)4/h5-7,10-11H,8-9H2,1-4H3,(H2,20,22,24,27)(H2,21,23,25,28). The molecule has 11 nitrogen and oxygen atoms in total. The first-order valence-electron chi connectivity index (χ1n) is 9.04. The molecule has 0 saturated carbocycles. The summed E-state index contributed by atoms with van der Waals surface area (Å²) >= 11 is 0.927. The minimum atomic E-state index is -0.844. The van der Waals surface area contributed by atoms with Gasteiger partial charge in [-0.2, -0.15) is 0 Å². The fourth-order valence-corrected chi connectivity index (χ4v) is 2.71. The quantitative estimate of drug-likeness (QED) is 0.342. The van der Waals surface area contributed by atoms with Crippen LogP contribution in [-0.4, -0.2) is 59.3 Å². The van der Waals surface area contributed by atoms with Crippen molar-refractivity contribution in [3.8, 4) is 0 Å². The van der Waals surface area contributed by atoms with Gasteiger partial charge in [-0.1, -0.05) is 11.8 Å². The van der Waals surface area contributed by atoms with Crippen molar-refractivity contribution in [2.45, 2.75) is 44.8 Å². The van der Waals surface area contributed by atoms with Crippen molar-refractivity contribution in [1.82, 2.24) is 26.3 Å². The summed E-state index contributed by atoms with van der Waals surface area (Å²) in [7, 11) is 0. The molecular weight excluding hydrogens is 414 g/mol. The molecule has 6 amide bonds. The molecule has 0 aromatic carbocycles. The van der Waals surface area contributed by atoms with Crippen molar-refractivity contribution in [2.24, 2.45) is 0 Å². The number of pyridine rings is 1. The lowest BCUT2D eigenvalue weighted by atomic mass is 10.3. The molecule has 30 heavy (non-hydrogen) atoms. The van der Waals surface area contributed by atoms with Crippen LogP contribution in [0.4, 0.5) is 9.59 Å². The van der Waals surface area contributed by atoms with Gasteiger partial charge in [0.15, 0.2) is 6.61 Å². The third-order valence-electron chi connectivity index (χ3n) is 3.01. The first-order chi connectivity index (χ1) is 14.1. The topological polar surface area (TPSA) is 156 Å². The molecule has 4 N–H and O–H groups in total. The van der Waals surface area contributed by atoms with Crippen LogP contribution in [0, 0.1) is 0 Å². The van der Waals surface area contributed by atoms with Crippen LogP contribution in [-0.2, 0) is 14.3 Å². The van der Waals surface area contributed by atoms with Gasteiger partial charge in [-0.25, -0.2) is 19.4 Å². The second kappa shape index (κ2) is 12.4. The number of nitrogens with one attached hydrogen (secondary N) is 4. The van der Waals surface area contributed by atoms with Crippen LogP contribution in [0.5, 0.6) is 0 Å². The zero-order chi connectivity index (χ0) is 22.7. The van der Waals surface area contributed by atoms with Crippen molar-refractivity contribution >= 4 is 41.6 Å². The van der Waals surface area contributed by atoms with Crippen molar-refractivity contribution in [1.29, 1.82) is 0 Å². The maximum atomic E-state index is 12.3. The molecule has 0 saturated heterocycles. The number of carbonyl (C=O) groups is 5. The second-order valence-corrected chi connectivity index (χ2v) is 7.54. The molecule has 0 aliphatic heterocycles. The highest BCUT2D eigenvalue weighted by atomic mass is 32.2. The van der Waals surface area contributed by atoms with Crippen LogP contribution >= 0.6 is 11.8 Å². The zero-order valence-corrected chi connectivity index (χ0v) is 17.9. The SMILES string of the molecule is CC(C)NC(=O)NC(=O)COC(=O)c1cccnc1SCC(=O)NC(=O)NC(C)C. The Kier molecular flexibility index (Phi) is 10.3. The zero-order valence-electron chi connectivity index (χ0n) is 17.1. The van der Waals surface area contributed by atoms with Crippen molar-refractivity contribution in [3.05, 3.63) is 23.9 Å². The molecule has 0 aliphatic carbocycles. The lowest BCUT2D eigenvalue weighted by Gasteiger charge is -2.11. The van der Waals surface area contributed by atoms with Gasteiger partial charge in [0.2, 0.25) is 5.91 Å². The maximum absolute atomic E-state index is 12.3. The molecule has 0 bridgehead atoms. The number of hydrogen-bond donors (Lipinski definition) is 4. The second-order valence-electron chi connectivity index (χ2n) is 6.57. The first kappa shape index (κ1) is 24.9. The molecule has 0 aliphatic rings. The smallest absolute Gasteiger partial charge is 0.341 e. The van der Waals surface area contributed by atoms with E-state index in [1.54, 1.807) is 27.7 Å². The molecule has 0 radical (unpaired) electrons. The number of aromatic nitrogens is 1. The van der Waals surface area contributed by atoms with Crippen LogP contribution < -0.4 is 21.3 Å². The lowest BCUT2D eigenvalue weighted by Crippen LogP contribution is -2.44. The minimum absolute atomic E-state index is 0.0429. The minimum Gasteiger partial charge on any atom is -0.452 e. The van der Waals surface area contributed by atoms with E-state index >= 15 is 0 Å². The van der Waals surface area contributed by atoms with E-state index in [4.69, 9.17) is 4.74 Å². The van der Waals surface area contributed by atoms with Crippen LogP contribution in [0.15, 0.2) is 23.4 Å². The highest BCUT2D eigenvalue weighted by Gasteiger charge is 2.18. The van der Waals surface area contributed by atoms with Crippen LogP contribution in [0.25, 0.3) is 0 Å². The van der Waals surface area contributed by atoms with Gasteiger partial charge in [-0.05, 0) is 39.8 Å². The van der Waals surface area contributed by atoms with Gasteiger partial charge in [0.25, 0.3) is 5.91 Å². The van der Waals surface area contributed by atoms with Gasteiger partial charge >= 0.3 is 18.0 Å². The molecule has 12 heteroatoms. The summed E-state index contributed by atoms with van der Waals surface area (Å²) in [6.45, 7) is 6.29. The largest absolute Gasteiger partial charge is 0.452 e. The molecule has 1 aromatic heterocycles. The van der Waals surface area contributed by atoms with Gasteiger partial charge < -0.3 is 15.4 Å². The van der Waals surface area contributed by atoms with Crippen LogP contribution in [0.3, 0.4) is 0 Å². The number of ether oxygens (including phenoxy) is 1. The Morgan fingerprint density at radius 1 is 0.967 bits per heavy atom. The summed E-state index contributed by atoms with van der Waals surface area (Å²) < 4.78 is 4.90. The third-order valence-corrected chi connectivity index (χ3v) is 4.02. The average Bonchev–Trinajstić information content (AvgIpc) is 2.63. The Labute approximate surface area is 178 Å². The van der Waals surface area contributed by atoms with E-state index in [1.165, 1.54) is 18.3 Å². The molecule has 0 atom stereocenters. The van der Waals surface area contributed by atoms with Crippen molar-refractivity contribution in [2.75, 3.05) is 12.4 Å². The number of hydrogen-bond acceptors (Lipinski definition) is 8. The van der Waals surface area contributed by atoms with Gasteiger partial charge in [0.1, 0.15) is 5.03 Å². The number of esters is 1. The number of thioether (sulfide) groups is 1. The Bertz CT molecular complexity index is 799. The molecule has 0 spiro atoms. The predicted molar refractivity (Wildman–Crippen MR) is 109 cm³/mol. The summed E-state index contributed by atoms with van der Waals surface area (Å²) in [5, 5.41) is 9.36. The highest BCUT2D eigenvalue weighted by molar-refractivity contribution is 8.00. The van der Waals surface area contributed by atoms with E-state index in [0.717, 1.165) is 11.8 Å². The van der Waals surface area contributed by atoms with Crippen molar-refractivity contribution < 1.29 is 28.7 Å². The van der Waals surface area contributed by atoms with Crippen LogP contribution in [0.2, 0.25) is 0 Å². The van der Waals surface area contributed by atoms with E-state index in [1.807, 2.05) is 5.32 Å². The highest BCUT2D eigenvalue weighted by Crippen LogP contribution is 2.20. The van der Waals surface area contributed by atoms with Gasteiger partial charge in [0.05, 0.1) is 11.3 Å². The number of nitrogens with zero attached hydrogens (tertiary/aromatic N) is 1. The van der Waals surface area contributed by atoms with E-state index in [-0.39, 0.29) is 28.4 Å². The van der Waals surface area contributed by atoms with E-state index in [9.17, 15) is 24.0 Å². The number of carbonyl (C=O) groups excluding carboxylic acids is 5. The molecule has 164 valence electrons. The van der Waals surface area contributed by atoms with E-state index < -0.39 is 36.5 Å². The monoisotopic (exact) mass is 439 g/mol. The molecule has 1 aromatic rings. The summed E-state index contributed by atoms with van der Waals surface area (Å²) in [6, 6.07) is 1.30. The molecule has 0 unspecified atom stereocenters. The first-order valence-corrected chi connectivity index (χ1v) is 10.0. The van der Waals surface area contributed by atoms with Gasteiger partial charge in [0, 0.05) is 18.3 Å². The average molecular weight is 439 g/mol. The summed E-state index contributed by atoms with van der Waals surface area (Å²) in [4.78, 5) is 62.8. The fraction of sp³-hybridized carbons (Fsp3) is 0.444. The Morgan fingerprint density at radius 3 is 2.10 bits per heavy atom. The van der Waals surface area contributed by atoms with Crippen LogP contribution in [0.1, 0.15) is 38.1 Å². The lowest BCUT2D eigenvalue weighted by molar-refractivity contribution is -0.123. The molecule has 1 rings (SSSR count). The predicted octanol–water partition coefficient (Wildman–Crippen LogP) is 0.799. The number of rotatable bonds is 8. The molecule has 1 heterocycles. The summed E-state index contributed by atoms with van der Waals surface area (Å²) in [5.41, 5.74) is 0.0429. The Morgan fingerprint density at radius 2 is 1.53 bits per heavy atom. The normalized spacial score (nSPS) is 10.3. The molecular formula is C18H25N5O6S. The third kappa shape index (κ3) is 9.87. The van der Waals surface area contributed by atoms with Gasteiger partial charge in [-0.3, -0.25) is 20.2 Å². The molecule has 0 fully saturated rings. The number of imide groups is 2. The fourth-order valence-electron chi connectivity index (χ4n) is 1.93. The van der Waals surface area contributed by atoms with E-state index in [0.29, 0.717) is 0 Å². The Hall–Kier alpha value is -3.15. The summed E-state index contributed by atoms with van der Waals surface area (Å²) in [5.74, 6) is -2.38. The Balaban J connectivity index is 2.58. The van der Waals surface area contributed by atoms with Gasteiger partial charge in [-0.15, -0.1) is 0 Å². The number of amides is 6. The maximum Gasteiger partial charge on any atom is 0.341 e. The summed E-state index contributed by atoms with van der Waals surface area (Å²) in [6.07, 6.45) is 1.42. The number of urea groups is 2.